The molecule has 0 aliphatic carbocycles. The highest BCUT2D eigenvalue weighted by atomic mass is 79.9. The molecular weight excluding hydrogens is 299 g/mol. The molecule has 1 aromatic heterocycles. The van der Waals surface area contributed by atoms with Gasteiger partial charge in [0, 0.05) is 24.6 Å². The Hall–Kier alpha value is -1.69. The molecule has 0 saturated carbocycles. The summed E-state index contributed by atoms with van der Waals surface area (Å²) >= 11 is 3.21. The van der Waals surface area contributed by atoms with Crippen LogP contribution in [0.3, 0.4) is 0 Å². The van der Waals surface area contributed by atoms with Crippen LogP contribution in [0, 0.1) is 5.82 Å². The summed E-state index contributed by atoms with van der Waals surface area (Å²) in [4.78, 5) is 10.00. The molecule has 4 nitrogen and oxygen atoms in total. The Balaban J connectivity index is 2.25. The van der Waals surface area contributed by atoms with E-state index < -0.39 is 0 Å². The molecule has 0 bridgehead atoms. The number of rotatable bonds is 3. The van der Waals surface area contributed by atoms with E-state index in [-0.39, 0.29) is 5.82 Å². The van der Waals surface area contributed by atoms with E-state index in [2.05, 4.69) is 31.2 Å². The topological polar surface area (TPSA) is 41.0 Å². The summed E-state index contributed by atoms with van der Waals surface area (Å²) in [7, 11) is 3.76. The van der Waals surface area contributed by atoms with Gasteiger partial charge in [-0.1, -0.05) is 15.9 Å². The third-order valence-electron chi connectivity index (χ3n) is 2.30. The summed E-state index contributed by atoms with van der Waals surface area (Å²) in [6.07, 6.45) is 1.44. The zero-order valence-corrected chi connectivity index (χ0v) is 11.6. The Bertz CT molecular complexity index is 560. The number of nitrogens with one attached hydrogen (secondary N) is 1. The fraction of sp³-hybridized carbons (Fsp3) is 0.167. The number of hydrogen-bond donors (Lipinski definition) is 1. The second-order valence-corrected chi connectivity index (χ2v) is 4.82. The van der Waals surface area contributed by atoms with Crippen LogP contribution in [0.2, 0.25) is 0 Å². The van der Waals surface area contributed by atoms with E-state index in [0.717, 1.165) is 5.82 Å². The second-order valence-electron chi connectivity index (χ2n) is 3.91. The Morgan fingerprint density at radius 3 is 2.67 bits per heavy atom. The van der Waals surface area contributed by atoms with Crippen molar-refractivity contribution in [3.63, 3.8) is 0 Å². The fourth-order valence-electron chi connectivity index (χ4n) is 1.39. The third kappa shape index (κ3) is 2.95. The van der Waals surface area contributed by atoms with Crippen molar-refractivity contribution < 1.29 is 4.39 Å². The highest BCUT2D eigenvalue weighted by molar-refractivity contribution is 9.10. The van der Waals surface area contributed by atoms with Crippen LogP contribution >= 0.6 is 15.9 Å². The van der Waals surface area contributed by atoms with Gasteiger partial charge in [0.2, 0.25) is 0 Å². The molecule has 0 spiro atoms. The molecule has 2 aromatic rings. The monoisotopic (exact) mass is 310 g/mol. The largest absolute Gasteiger partial charge is 0.363 e. The Morgan fingerprint density at radius 1 is 1.22 bits per heavy atom. The summed E-state index contributed by atoms with van der Waals surface area (Å²) < 4.78 is 14.3. The first-order chi connectivity index (χ1) is 8.56. The zero-order valence-electron chi connectivity index (χ0n) is 9.98. The van der Waals surface area contributed by atoms with E-state index in [0.29, 0.717) is 16.0 Å². The number of nitrogens with zero attached hydrogens (tertiary/aromatic N) is 3. The molecule has 6 heteroatoms. The van der Waals surface area contributed by atoms with Gasteiger partial charge in [-0.15, -0.1) is 0 Å². The molecule has 0 amide bonds. The Kier molecular flexibility index (Phi) is 3.76. The van der Waals surface area contributed by atoms with E-state index in [1.54, 1.807) is 18.2 Å². The smallest absolute Gasteiger partial charge is 0.147 e. The molecule has 1 heterocycles. The van der Waals surface area contributed by atoms with Crippen molar-refractivity contribution >= 4 is 33.3 Å². The molecule has 0 aliphatic rings. The van der Waals surface area contributed by atoms with Crippen LogP contribution < -0.4 is 10.2 Å². The van der Waals surface area contributed by atoms with E-state index >= 15 is 0 Å². The molecule has 0 radical (unpaired) electrons. The molecule has 1 aromatic carbocycles. The van der Waals surface area contributed by atoms with Crippen LogP contribution in [0.15, 0.2) is 35.1 Å². The van der Waals surface area contributed by atoms with Crippen molar-refractivity contribution in [3.05, 3.63) is 40.9 Å². The summed E-state index contributed by atoms with van der Waals surface area (Å²) in [5.74, 6) is 0.967. The molecule has 0 unspecified atom stereocenters. The molecular formula is C12H12BrFN4. The van der Waals surface area contributed by atoms with Gasteiger partial charge in [-0.3, -0.25) is 0 Å². The van der Waals surface area contributed by atoms with Crippen molar-refractivity contribution in [2.24, 2.45) is 0 Å². The van der Waals surface area contributed by atoms with Crippen molar-refractivity contribution in [2.75, 3.05) is 24.3 Å². The number of hydrogen-bond acceptors (Lipinski definition) is 4. The van der Waals surface area contributed by atoms with Gasteiger partial charge in [0.1, 0.15) is 23.8 Å². The zero-order chi connectivity index (χ0) is 13.1. The first kappa shape index (κ1) is 12.8. The lowest BCUT2D eigenvalue weighted by atomic mass is 10.3. The average molecular weight is 311 g/mol. The van der Waals surface area contributed by atoms with Gasteiger partial charge < -0.3 is 10.2 Å². The van der Waals surface area contributed by atoms with E-state index in [1.165, 1.54) is 12.4 Å². The minimum atomic E-state index is -0.339. The Morgan fingerprint density at radius 2 is 2.00 bits per heavy atom. The lowest BCUT2D eigenvalue weighted by Crippen LogP contribution is -2.11. The van der Waals surface area contributed by atoms with Gasteiger partial charge in [-0.05, 0) is 18.2 Å². The summed E-state index contributed by atoms with van der Waals surface area (Å²) in [6, 6.07) is 6.56. The van der Waals surface area contributed by atoms with Gasteiger partial charge in [-0.2, -0.15) is 0 Å². The van der Waals surface area contributed by atoms with E-state index in [1.807, 2.05) is 19.0 Å². The van der Waals surface area contributed by atoms with E-state index in [4.69, 9.17) is 0 Å². The summed E-state index contributed by atoms with van der Waals surface area (Å²) in [5, 5.41) is 2.92. The van der Waals surface area contributed by atoms with Crippen molar-refractivity contribution in [3.8, 4) is 0 Å². The van der Waals surface area contributed by atoms with Crippen molar-refractivity contribution in [1.29, 1.82) is 0 Å². The van der Waals surface area contributed by atoms with Gasteiger partial charge in [0.25, 0.3) is 0 Å². The summed E-state index contributed by atoms with van der Waals surface area (Å²) in [5.41, 5.74) is 0.376. The van der Waals surface area contributed by atoms with Gasteiger partial charge in [-0.25, -0.2) is 14.4 Å². The molecule has 94 valence electrons. The molecule has 1 N–H and O–H groups in total. The first-order valence-electron chi connectivity index (χ1n) is 5.27. The first-order valence-corrected chi connectivity index (χ1v) is 6.07. The standard InChI is InChI=1S/C12H12BrFN4/c1-18(2)12-6-11(15-7-16-12)17-10-4-3-8(13)5-9(10)14/h3-7H,1-2H3,(H,15,16,17). The SMILES string of the molecule is CN(C)c1cc(Nc2ccc(Br)cc2F)ncn1. The van der Waals surface area contributed by atoms with Crippen LogP contribution in [0.25, 0.3) is 0 Å². The van der Waals surface area contributed by atoms with Crippen molar-refractivity contribution in [1.82, 2.24) is 9.97 Å². The lowest BCUT2D eigenvalue weighted by Gasteiger charge is -2.12. The van der Waals surface area contributed by atoms with Crippen LogP contribution in [-0.2, 0) is 0 Å². The highest BCUT2D eigenvalue weighted by Gasteiger charge is 2.05. The predicted octanol–water partition coefficient (Wildman–Crippen LogP) is 3.19. The minimum absolute atomic E-state index is 0.339. The number of halogens is 2. The van der Waals surface area contributed by atoms with Crippen LogP contribution in [0.1, 0.15) is 0 Å². The number of aromatic nitrogens is 2. The third-order valence-corrected chi connectivity index (χ3v) is 2.80. The van der Waals surface area contributed by atoms with Crippen molar-refractivity contribution in [2.45, 2.75) is 0 Å². The van der Waals surface area contributed by atoms with Gasteiger partial charge in [0.05, 0.1) is 5.69 Å². The maximum atomic E-state index is 13.6. The minimum Gasteiger partial charge on any atom is -0.363 e. The maximum Gasteiger partial charge on any atom is 0.147 e. The molecule has 0 fully saturated rings. The maximum absolute atomic E-state index is 13.6. The summed E-state index contributed by atoms with van der Waals surface area (Å²) in [6.45, 7) is 0. The quantitative estimate of drug-likeness (QED) is 0.945. The van der Waals surface area contributed by atoms with Gasteiger partial charge in [0.15, 0.2) is 0 Å². The molecule has 18 heavy (non-hydrogen) atoms. The van der Waals surface area contributed by atoms with E-state index in [9.17, 15) is 4.39 Å². The Labute approximate surface area is 113 Å². The molecule has 0 saturated heterocycles. The van der Waals surface area contributed by atoms with Crippen LogP contribution in [0.4, 0.5) is 21.7 Å². The number of benzene rings is 1. The van der Waals surface area contributed by atoms with Gasteiger partial charge >= 0.3 is 0 Å². The lowest BCUT2D eigenvalue weighted by molar-refractivity contribution is 0.631. The number of anilines is 3. The highest BCUT2D eigenvalue weighted by Crippen LogP contribution is 2.23. The van der Waals surface area contributed by atoms with Crippen LogP contribution in [0.5, 0.6) is 0 Å². The van der Waals surface area contributed by atoms with Crippen LogP contribution in [-0.4, -0.2) is 24.1 Å². The molecule has 2 rings (SSSR count). The fourth-order valence-corrected chi connectivity index (χ4v) is 1.72. The average Bonchev–Trinajstić information content (AvgIpc) is 2.33. The normalized spacial score (nSPS) is 10.2. The second kappa shape index (κ2) is 5.30. The molecule has 0 atom stereocenters. The molecule has 0 aliphatic heterocycles. The predicted molar refractivity (Wildman–Crippen MR) is 73.7 cm³/mol.